The number of rotatable bonds is 2. The van der Waals surface area contributed by atoms with Crippen LogP contribution in [0.3, 0.4) is 0 Å². The fourth-order valence-electron chi connectivity index (χ4n) is 3.48. The molecule has 0 aliphatic carbocycles. The predicted molar refractivity (Wildman–Crippen MR) is 125 cm³/mol. The lowest BCUT2D eigenvalue weighted by atomic mass is 10.1. The molecule has 2 aliphatic heterocycles. The Morgan fingerprint density at radius 1 is 0.647 bits per heavy atom. The van der Waals surface area contributed by atoms with Gasteiger partial charge in [0, 0.05) is 13.1 Å². The van der Waals surface area contributed by atoms with Gasteiger partial charge in [-0.15, -0.1) is 0 Å². The molecule has 2 fully saturated rings. The highest BCUT2D eigenvalue weighted by atomic mass is 16.6. The predicted octanol–water partition coefficient (Wildman–Crippen LogP) is 4.20. The van der Waals surface area contributed by atoms with Gasteiger partial charge in [0.1, 0.15) is 28.9 Å². The molecule has 2 saturated heterocycles. The van der Waals surface area contributed by atoms with Crippen LogP contribution in [-0.4, -0.2) is 81.0 Å². The zero-order valence-corrected chi connectivity index (χ0v) is 22.1. The lowest BCUT2D eigenvalue weighted by Crippen LogP contribution is -2.45. The minimum Gasteiger partial charge on any atom is -0.480 e. The van der Waals surface area contributed by atoms with E-state index in [9.17, 15) is 19.2 Å². The molecule has 1 N–H and O–H groups in total. The van der Waals surface area contributed by atoms with Crippen LogP contribution in [0.25, 0.3) is 0 Å². The third-order valence-corrected chi connectivity index (χ3v) is 4.73. The van der Waals surface area contributed by atoms with Gasteiger partial charge in [-0.2, -0.15) is 0 Å². The molecule has 0 saturated carbocycles. The Morgan fingerprint density at radius 2 is 1.00 bits per heavy atom. The molecule has 2 rings (SSSR count). The number of aliphatic carboxylic acids is 1. The van der Waals surface area contributed by atoms with Crippen LogP contribution in [0.2, 0.25) is 0 Å². The fraction of sp³-hybridized carbons (Fsp3) is 0.833. The number of amides is 2. The summed E-state index contributed by atoms with van der Waals surface area (Å²) in [5, 5.41) is 8.88. The van der Waals surface area contributed by atoms with Crippen molar-refractivity contribution >= 4 is 24.1 Å². The van der Waals surface area contributed by atoms with Crippen molar-refractivity contribution in [2.45, 2.75) is 117 Å². The Balaban J connectivity index is 0.000000350. The first-order chi connectivity index (χ1) is 15.3. The van der Waals surface area contributed by atoms with Gasteiger partial charge in [0.15, 0.2) is 0 Å². The Morgan fingerprint density at radius 3 is 1.35 bits per heavy atom. The molecule has 196 valence electrons. The average Bonchev–Trinajstić information content (AvgIpc) is 3.27. The number of hydrogen-bond donors (Lipinski definition) is 1. The molecular weight excluding hydrogens is 444 g/mol. The molecule has 10 nitrogen and oxygen atoms in total. The van der Waals surface area contributed by atoms with Crippen molar-refractivity contribution in [2.24, 2.45) is 0 Å². The maximum Gasteiger partial charge on any atom is 0.411 e. The van der Waals surface area contributed by atoms with Crippen molar-refractivity contribution in [1.29, 1.82) is 0 Å². The number of carbonyl (C=O) groups is 4. The van der Waals surface area contributed by atoms with Gasteiger partial charge in [0.25, 0.3) is 0 Å². The van der Waals surface area contributed by atoms with Crippen molar-refractivity contribution in [3.8, 4) is 0 Å². The lowest BCUT2D eigenvalue weighted by molar-refractivity contribution is -0.160. The summed E-state index contributed by atoms with van der Waals surface area (Å²) in [5.41, 5.74) is -1.68. The zero-order valence-electron chi connectivity index (χ0n) is 22.1. The smallest absolute Gasteiger partial charge is 0.411 e. The summed E-state index contributed by atoms with van der Waals surface area (Å²) in [6.45, 7) is 17.2. The molecule has 2 aliphatic rings. The number of likely N-dealkylation sites (tertiary alicyclic amines) is 2. The Kier molecular flexibility index (Phi) is 9.78. The van der Waals surface area contributed by atoms with E-state index in [1.165, 1.54) is 9.80 Å². The monoisotopic (exact) mass is 486 g/mol. The van der Waals surface area contributed by atoms with Crippen LogP contribution in [0.4, 0.5) is 9.59 Å². The first-order valence-corrected chi connectivity index (χ1v) is 11.8. The van der Waals surface area contributed by atoms with Gasteiger partial charge >= 0.3 is 24.1 Å². The van der Waals surface area contributed by atoms with E-state index in [1.54, 1.807) is 20.8 Å². The summed E-state index contributed by atoms with van der Waals surface area (Å²) < 4.78 is 15.8. The standard InChI is InChI=1S/C14H25NO4.C10H17NO4/c1-13(2,3)18-11(16)10-8-7-9-15(10)12(17)19-14(4,5)6;1-10(2,3)15-9(14)11-6-4-5-7(11)8(12)13/h10H,7-9H2,1-6H3;7H,4-6H2,1-3H3,(H,12,13). The summed E-state index contributed by atoms with van der Waals surface area (Å²) in [6.07, 6.45) is 1.68. The molecule has 2 atom stereocenters. The summed E-state index contributed by atoms with van der Waals surface area (Å²) in [5.74, 6) is -1.31. The van der Waals surface area contributed by atoms with Crippen molar-refractivity contribution in [1.82, 2.24) is 9.80 Å². The van der Waals surface area contributed by atoms with Crippen LogP contribution in [0.5, 0.6) is 0 Å². The first kappa shape index (κ1) is 29.5. The van der Waals surface area contributed by atoms with Crippen molar-refractivity contribution in [2.75, 3.05) is 13.1 Å². The Bertz CT molecular complexity index is 712. The number of carboxylic acids is 1. The number of hydrogen-bond acceptors (Lipinski definition) is 7. The van der Waals surface area contributed by atoms with Crippen molar-refractivity contribution < 1.29 is 38.5 Å². The lowest BCUT2D eigenvalue weighted by Gasteiger charge is -2.29. The minimum atomic E-state index is -0.960. The van der Waals surface area contributed by atoms with E-state index in [2.05, 4.69) is 0 Å². The first-order valence-electron chi connectivity index (χ1n) is 11.8. The van der Waals surface area contributed by atoms with E-state index >= 15 is 0 Å². The van der Waals surface area contributed by atoms with Crippen LogP contribution in [0.1, 0.15) is 88.0 Å². The largest absolute Gasteiger partial charge is 0.480 e. The number of esters is 1. The zero-order chi connectivity index (χ0) is 26.5. The second kappa shape index (κ2) is 11.3. The molecule has 0 aromatic carbocycles. The van der Waals surface area contributed by atoms with Crippen LogP contribution in [0, 0.1) is 0 Å². The number of nitrogens with zero attached hydrogens (tertiary/aromatic N) is 2. The highest BCUT2D eigenvalue weighted by molar-refractivity contribution is 5.82. The molecule has 0 aromatic rings. The molecule has 34 heavy (non-hydrogen) atoms. The second-order valence-electron chi connectivity index (χ2n) is 11.5. The van der Waals surface area contributed by atoms with Gasteiger partial charge in [-0.1, -0.05) is 0 Å². The molecule has 10 heteroatoms. The molecule has 0 radical (unpaired) electrons. The molecule has 2 amide bonds. The SMILES string of the molecule is CC(C)(C)OC(=O)C1CCCN1C(=O)OC(C)(C)C.CC(C)(C)OC(=O)N1CCCC1C(=O)O. The molecule has 0 aromatic heterocycles. The van der Waals surface area contributed by atoms with Crippen LogP contribution >= 0.6 is 0 Å². The van der Waals surface area contributed by atoms with Gasteiger partial charge in [-0.05, 0) is 88.0 Å². The molecular formula is C24H42N2O8. The van der Waals surface area contributed by atoms with E-state index < -0.39 is 47.0 Å². The molecule has 2 heterocycles. The quantitative estimate of drug-likeness (QED) is 0.455. The Labute approximate surface area is 202 Å². The Hall–Kier alpha value is -2.52. The maximum absolute atomic E-state index is 12.1. The third-order valence-electron chi connectivity index (χ3n) is 4.73. The van der Waals surface area contributed by atoms with Crippen LogP contribution < -0.4 is 0 Å². The topological polar surface area (TPSA) is 123 Å². The minimum absolute atomic E-state index is 0.351. The highest BCUT2D eigenvalue weighted by Crippen LogP contribution is 2.24. The third kappa shape index (κ3) is 10.2. The normalized spacial score (nSPS) is 20.9. The van der Waals surface area contributed by atoms with E-state index in [0.29, 0.717) is 25.9 Å². The fourth-order valence-corrected chi connectivity index (χ4v) is 3.48. The van der Waals surface area contributed by atoms with E-state index in [0.717, 1.165) is 12.8 Å². The van der Waals surface area contributed by atoms with Crippen molar-refractivity contribution in [3.05, 3.63) is 0 Å². The summed E-state index contributed by atoms with van der Waals surface area (Å²) in [6, 6.07) is -1.24. The van der Waals surface area contributed by atoms with Gasteiger partial charge in [-0.3, -0.25) is 9.80 Å². The van der Waals surface area contributed by atoms with Gasteiger partial charge < -0.3 is 19.3 Å². The number of carbonyl (C=O) groups excluding carboxylic acids is 3. The second-order valence-corrected chi connectivity index (χ2v) is 11.5. The molecule has 0 spiro atoms. The van der Waals surface area contributed by atoms with Gasteiger partial charge in [0.05, 0.1) is 0 Å². The van der Waals surface area contributed by atoms with E-state index in [-0.39, 0.29) is 5.97 Å². The van der Waals surface area contributed by atoms with Gasteiger partial charge in [0.2, 0.25) is 0 Å². The summed E-state index contributed by atoms with van der Waals surface area (Å²) in [7, 11) is 0. The van der Waals surface area contributed by atoms with Crippen LogP contribution in [0.15, 0.2) is 0 Å². The summed E-state index contributed by atoms with van der Waals surface area (Å²) in [4.78, 5) is 49.3. The highest BCUT2D eigenvalue weighted by Gasteiger charge is 2.39. The van der Waals surface area contributed by atoms with Crippen molar-refractivity contribution in [3.63, 3.8) is 0 Å². The number of ether oxygens (including phenoxy) is 3. The van der Waals surface area contributed by atoms with Gasteiger partial charge in [-0.25, -0.2) is 19.2 Å². The molecule has 0 bridgehead atoms. The molecule has 2 unspecified atom stereocenters. The maximum atomic E-state index is 12.1. The number of carboxylic acid groups (broad SMARTS) is 1. The summed E-state index contributed by atoms with van der Waals surface area (Å²) >= 11 is 0. The van der Waals surface area contributed by atoms with E-state index in [4.69, 9.17) is 19.3 Å². The average molecular weight is 487 g/mol. The van der Waals surface area contributed by atoms with Crippen LogP contribution in [-0.2, 0) is 23.8 Å². The van der Waals surface area contributed by atoms with E-state index in [1.807, 2.05) is 41.5 Å².